The highest BCUT2D eigenvalue weighted by molar-refractivity contribution is 14.0. The number of nitrogens with one attached hydrogen (secondary N) is 1. The number of guanidine groups is 1. The predicted molar refractivity (Wildman–Crippen MR) is 117 cm³/mol. The maximum atomic E-state index is 6.01. The van der Waals surface area contributed by atoms with Crippen LogP contribution in [0.15, 0.2) is 23.2 Å². The zero-order valence-corrected chi connectivity index (χ0v) is 18.2. The van der Waals surface area contributed by atoms with Crippen LogP contribution >= 0.6 is 24.0 Å². The molecule has 0 fully saturated rings. The summed E-state index contributed by atoms with van der Waals surface area (Å²) in [5.41, 5.74) is 6.77. The molecule has 7 heteroatoms. The predicted octanol–water partition coefficient (Wildman–Crippen LogP) is 3.56. The Balaban J connectivity index is 0.00000576. The normalized spacial score (nSPS) is 11.2. The Hall–Kier alpha value is -1.22. The quantitative estimate of drug-likeness (QED) is 0.298. The Morgan fingerprint density at radius 3 is 2.52 bits per heavy atom. The molecule has 0 atom stereocenters. The van der Waals surface area contributed by atoms with Crippen LogP contribution < -0.4 is 20.5 Å². The van der Waals surface area contributed by atoms with Gasteiger partial charge in [-0.25, -0.2) is 0 Å². The number of ether oxygens (including phenoxy) is 2. The second-order valence-electron chi connectivity index (χ2n) is 5.57. The Morgan fingerprint density at radius 2 is 1.88 bits per heavy atom. The number of unbranched alkanes of at least 4 members (excludes halogenated alkanes) is 1. The van der Waals surface area contributed by atoms with Crippen molar-refractivity contribution in [2.45, 2.75) is 33.6 Å². The number of nitrogens with zero attached hydrogens (tertiary/aromatic N) is 2. The first-order valence-corrected chi connectivity index (χ1v) is 8.75. The average molecular weight is 464 g/mol. The molecule has 25 heavy (non-hydrogen) atoms. The average Bonchev–Trinajstić information content (AvgIpc) is 2.55. The van der Waals surface area contributed by atoms with Crippen LogP contribution in [0.2, 0.25) is 0 Å². The number of hydrogen-bond acceptors (Lipinski definition) is 4. The van der Waals surface area contributed by atoms with Gasteiger partial charge in [-0.2, -0.15) is 0 Å². The van der Waals surface area contributed by atoms with Crippen molar-refractivity contribution in [3.05, 3.63) is 18.2 Å². The number of rotatable bonds is 11. The minimum Gasteiger partial charge on any atom is -0.494 e. The number of aliphatic imine (C=N–C) groups is 1. The van der Waals surface area contributed by atoms with Crippen LogP contribution in [0.1, 0.15) is 33.6 Å². The molecule has 0 amide bonds. The van der Waals surface area contributed by atoms with E-state index >= 15 is 0 Å². The molecule has 0 unspecified atom stereocenters. The molecule has 3 N–H and O–H groups in total. The van der Waals surface area contributed by atoms with Gasteiger partial charge in [0, 0.05) is 12.6 Å². The molecule has 0 saturated carbocycles. The molecule has 0 heterocycles. The number of anilines is 1. The number of nitrogens with two attached hydrogens (primary N) is 1. The van der Waals surface area contributed by atoms with Crippen molar-refractivity contribution in [3.8, 4) is 11.5 Å². The molecular weight excluding hydrogens is 431 g/mol. The lowest BCUT2D eigenvalue weighted by atomic mass is 10.2. The number of halogens is 1. The standard InChI is InChI=1S/C18H32N4O2.HI/c1-5-8-12-22(4)13-11-20-18(19)21-16-14-15(23-6-2)9-10-17(16)24-7-3;/h9-10,14H,5-8,11-13H2,1-4H3,(H3,19,20,21);1H. The molecule has 0 aromatic heterocycles. The summed E-state index contributed by atoms with van der Waals surface area (Å²) in [5.74, 6) is 1.89. The van der Waals surface area contributed by atoms with E-state index in [-0.39, 0.29) is 24.0 Å². The number of benzene rings is 1. The van der Waals surface area contributed by atoms with E-state index in [4.69, 9.17) is 15.2 Å². The maximum Gasteiger partial charge on any atom is 0.193 e. The third-order valence-corrected chi connectivity index (χ3v) is 3.48. The fraction of sp³-hybridized carbons (Fsp3) is 0.611. The molecule has 0 aliphatic carbocycles. The van der Waals surface area contributed by atoms with Gasteiger partial charge in [0.15, 0.2) is 5.96 Å². The van der Waals surface area contributed by atoms with Crippen molar-refractivity contribution in [2.24, 2.45) is 10.7 Å². The van der Waals surface area contributed by atoms with Gasteiger partial charge in [0.1, 0.15) is 11.5 Å². The van der Waals surface area contributed by atoms with Crippen LogP contribution in [0.4, 0.5) is 5.69 Å². The van der Waals surface area contributed by atoms with E-state index in [0.717, 1.165) is 30.3 Å². The van der Waals surface area contributed by atoms with E-state index in [2.05, 4.69) is 29.2 Å². The highest BCUT2D eigenvalue weighted by atomic mass is 127. The number of likely N-dealkylation sites (N-methyl/N-ethyl adjacent to an activating group) is 1. The molecule has 0 aliphatic rings. The second-order valence-corrected chi connectivity index (χ2v) is 5.57. The van der Waals surface area contributed by atoms with Gasteiger partial charge in [0.25, 0.3) is 0 Å². The topological polar surface area (TPSA) is 72.1 Å². The molecule has 0 radical (unpaired) electrons. The smallest absolute Gasteiger partial charge is 0.193 e. The Kier molecular flexibility index (Phi) is 13.3. The SMILES string of the molecule is CCCCN(C)CCN=C(N)Nc1cc(OCC)ccc1OCC.I. The lowest BCUT2D eigenvalue weighted by Crippen LogP contribution is -2.27. The van der Waals surface area contributed by atoms with Gasteiger partial charge in [-0.1, -0.05) is 13.3 Å². The van der Waals surface area contributed by atoms with E-state index in [1.165, 1.54) is 12.8 Å². The van der Waals surface area contributed by atoms with E-state index in [9.17, 15) is 0 Å². The van der Waals surface area contributed by atoms with Crippen LogP contribution in [-0.4, -0.2) is 50.8 Å². The molecule has 1 rings (SSSR count). The highest BCUT2D eigenvalue weighted by Gasteiger charge is 2.07. The molecule has 1 aromatic carbocycles. The van der Waals surface area contributed by atoms with Gasteiger partial charge in [0.05, 0.1) is 25.4 Å². The van der Waals surface area contributed by atoms with E-state index in [1.54, 1.807) is 0 Å². The summed E-state index contributed by atoms with van der Waals surface area (Å²) >= 11 is 0. The monoisotopic (exact) mass is 464 g/mol. The van der Waals surface area contributed by atoms with Crippen LogP contribution in [-0.2, 0) is 0 Å². The zero-order chi connectivity index (χ0) is 17.8. The van der Waals surface area contributed by atoms with Crippen LogP contribution in [0.3, 0.4) is 0 Å². The minimum atomic E-state index is 0. The largest absolute Gasteiger partial charge is 0.494 e. The van der Waals surface area contributed by atoms with Gasteiger partial charge in [-0.3, -0.25) is 4.99 Å². The summed E-state index contributed by atoms with van der Waals surface area (Å²) in [4.78, 5) is 6.66. The van der Waals surface area contributed by atoms with E-state index in [0.29, 0.717) is 25.7 Å². The maximum absolute atomic E-state index is 6.01. The zero-order valence-electron chi connectivity index (χ0n) is 15.9. The van der Waals surface area contributed by atoms with Crippen LogP contribution in [0.25, 0.3) is 0 Å². The molecule has 1 aromatic rings. The third kappa shape index (κ3) is 9.74. The van der Waals surface area contributed by atoms with E-state index in [1.807, 2.05) is 32.0 Å². The van der Waals surface area contributed by atoms with Crippen molar-refractivity contribution in [2.75, 3.05) is 45.2 Å². The van der Waals surface area contributed by atoms with Gasteiger partial charge >= 0.3 is 0 Å². The molecule has 0 aliphatic heterocycles. The fourth-order valence-corrected chi connectivity index (χ4v) is 2.20. The van der Waals surface area contributed by atoms with Gasteiger partial charge in [0.2, 0.25) is 0 Å². The van der Waals surface area contributed by atoms with Crippen molar-refractivity contribution in [1.29, 1.82) is 0 Å². The molecule has 0 bridgehead atoms. The Morgan fingerprint density at radius 1 is 1.16 bits per heavy atom. The first-order valence-electron chi connectivity index (χ1n) is 8.75. The fourth-order valence-electron chi connectivity index (χ4n) is 2.20. The van der Waals surface area contributed by atoms with Crippen molar-refractivity contribution in [1.82, 2.24) is 4.90 Å². The Labute approximate surface area is 169 Å². The van der Waals surface area contributed by atoms with Crippen LogP contribution in [0, 0.1) is 0 Å². The van der Waals surface area contributed by atoms with Crippen molar-refractivity contribution < 1.29 is 9.47 Å². The molecule has 144 valence electrons. The third-order valence-electron chi connectivity index (χ3n) is 3.48. The lowest BCUT2D eigenvalue weighted by Gasteiger charge is -2.15. The first-order chi connectivity index (χ1) is 11.6. The minimum absolute atomic E-state index is 0. The number of hydrogen-bond donors (Lipinski definition) is 2. The van der Waals surface area contributed by atoms with Gasteiger partial charge < -0.3 is 25.4 Å². The van der Waals surface area contributed by atoms with Crippen LogP contribution in [0.5, 0.6) is 11.5 Å². The van der Waals surface area contributed by atoms with Crippen molar-refractivity contribution in [3.63, 3.8) is 0 Å². The van der Waals surface area contributed by atoms with Crippen molar-refractivity contribution >= 4 is 35.6 Å². The first kappa shape index (κ1) is 23.8. The lowest BCUT2D eigenvalue weighted by molar-refractivity contribution is 0.332. The molecule has 0 saturated heterocycles. The molecular formula is C18H33IN4O2. The summed E-state index contributed by atoms with van der Waals surface area (Å²) < 4.78 is 11.1. The second kappa shape index (κ2) is 14.0. The van der Waals surface area contributed by atoms with E-state index < -0.39 is 0 Å². The molecule has 0 spiro atoms. The summed E-state index contributed by atoms with van der Waals surface area (Å²) in [7, 11) is 2.10. The Bertz CT molecular complexity index is 512. The summed E-state index contributed by atoms with van der Waals surface area (Å²) in [6.45, 7) is 9.93. The van der Waals surface area contributed by atoms with Gasteiger partial charge in [-0.05, 0) is 46.0 Å². The highest BCUT2D eigenvalue weighted by Crippen LogP contribution is 2.29. The summed E-state index contributed by atoms with van der Waals surface area (Å²) in [6, 6.07) is 5.64. The van der Waals surface area contributed by atoms with Gasteiger partial charge in [-0.15, -0.1) is 24.0 Å². The summed E-state index contributed by atoms with van der Waals surface area (Å²) in [5, 5.41) is 3.12. The molecule has 6 nitrogen and oxygen atoms in total. The summed E-state index contributed by atoms with van der Waals surface area (Å²) in [6.07, 6.45) is 2.41.